The molecule has 4 N–H and O–H groups in total. The van der Waals surface area contributed by atoms with Crippen LogP contribution in [0.3, 0.4) is 0 Å². The number of carbonyl (C=O) groups is 4. The highest BCUT2D eigenvalue weighted by Gasteiger charge is 2.45. The Bertz CT molecular complexity index is 2540. The minimum Gasteiger partial charge on any atom is -0.480 e. The van der Waals surface area contributed by atoms with Gasteiger partial charge in [0.2, 0.25) is 10.7 Å². The normalized spacial score (nSPS) is 15.1. The van der Waals surface area contributed by atoms with Gasteiger partial charge in [-0.15, -0.1) is 23.4 Å². The summed E-state index contributed by atoms with van der Waals surface area (Å²) in [5.74, 6) is -1.90. The quantitative estimate of drug-likeness (QED) is 0.0283. The number of fused-ring (bicyclic) bond motifs is 1. The fraction of sp³-hybridized carbons (Fsp3) is 0.488. The maximum absolute atomic E-state index is 14.3. The zero-order valence-electron chi connectivity index (χ0n) is 39.1. The molecule has 2 aromatic heterocycles. The Morgan fingerprint density at radius 3 is 2.24 bits per heavy atom. The number of thioether (sulfide) groups is 1. The number of aliphatic carboxylic acids is 1. The topological polar surface area (TPSA) is 245 Å². The SMILES string of the molecule is CC1(C)OC(c2ccco2)CN1C(=O)C(Cl)Cl.CCc1cccc(CC)c1N(COC)C(=O)CCl.COC(=O)CSc1cc(/N=c2\sc(=O)n3n2CCCC3)c(F)cc1Cl.O=C(O)CNCP(=O)(O)O. The smallest absolute Gasteiger partial charge is 0.339 e. The summed E-state index contributed by atoms with van der Waals surface area (Å²) in [5.41, 5.74) is 2.58. The maximum atomic E-state index is 14.3. The fourth-order valence-electron chi connectivity index (χ4n) is 6.69. The molecular formula is C43H56Cl4FN6O13PS2. The lowest BCUT2D eigenvalue weighted by atomic mass is 10.0. The molecule has 1 unspecified atom stereocenters. The Balaban J connectivity index is 0.000000258. The number of hydrogen-bond donors (Lipinski definition) is 4. The highest BCUT2D eigenvalue weighted by molar-refractivity contribution is 8.00. The molecule has 2 aromatic carbocycles. The molecule has 0 spiro atoms. The molecule has 70 heavy (non-hydrogen) atoms. The zero-order valence-corrected chi connectivity index (χ0v) is 44.6. The van der Waals surface area contributed by atoms with Crippen LogP contribution in [-0.4, -0.2) is 115 Å². The van der Waals surface area contributed by atoms with E-state index in [1.165, 1.54) is 18.1 Å². The monoisotopic (exact) mass is 1120 g/mol. The van der Waals surface area contributed by atoms with Crippen molar-refractivity contribution in [2.45, 2.75) is 88.0 Å². The summed E-state index contributed by atoms with van der Waals surface area (Å²) in [5, 5.41) is 10.3. The Labute approximate surface area is 431 Å². The predicted molar refractivity (Wildman–Crippen MR) is 267 cm³/mol. The number of nitrogens with zero attached hydrogens (tertiary/aromatic N) is 5. The number of esters is 1. The largest absolute Gasteiger partial charge is 0.480 e. The van der Waals surface area contributed by atoms with Gasteiger partial charge >= 0.3 is 24.4 Å². The summed E-state index contributed by atoms with van der Waals surface area (Å²) in [6.45, 7) is 9.25. The third kappa shape index (κ3) is 18.4. The van der Waals surface area contributed by atoms with E-state index >= 15 is 0 Å². The average molecular weight is 1120 g/mol. The number of hydrogen-bond acceptors (Lipinski definition) is 14. The summed E-state index contributed by atoms with van der Waals surface area (Å²) in [7, 11) is -1.22. The van der Waals surface area contributed by atoms with Gasteiger partial charge in [-0.1, -0.05) is 66.8 Å². The van der Waals surface area contributed by atoms with E-state index < -0.39 is 48.7 Å². The molecular weight excluding hydrogens is 1060 g/mol. The first-order valence-corrected chi connectivity index (χ1v) is 26.7. The van der Waals surface area contributed by atoms with Gasteiger partial charge in [0.05, 0.1) is 49.2 Å². The Hall–Kier alpha value is -3.77. The third-order valence-electron chi connectivity index (χ3n) is 9.93. The summed E-state index contributed by atoms with van der Waals surface area (Å²) in [4.78, 5) is 80.5. The van der Waals surface area contributed by atoms with Crippen molar-refractivity contribution in [3.8, 4) is 0 Å². The number of carboxylic acid groups (broad SMARTS) is 1. The molecule has 2 aliphatic heterocycles. The predicted octanol–water partition coefficient (Wildman–Crippen LogP) is 7.30. The highest BCUT2D eigenvalue weighted by atomic mass is 35.5. The number of methoxy groups -OCH3 is 2. The van der Waals surface area contributed by atoms with Gasteiger partial charge in [-0.25, -0.2) is 14.1 Å². The van der Waals surface area contributed by atoms with Gasteiger partial charge in [0.1, 0.15) is 41.7 Å². The van der Waals surface area contributed by atoms with E-state index in [1.54, 1.807) is 47.6 Å². The first kappa shape index (κ1) is 60.5. The second-order valence-corrected chi connectivity index (χ2v) is 20.6. The number of carboxylic acids is 1. The van der Waals surface area contributed by atoms with E-state index in [0.717, 1.165) is 71.7 Å². The number of alkyl halides is 3. The van der Waals surface area contributed by atoms with Gasteiger partial charge in [-0.2, -0.15) is 0 Å². The Kier molecular flexibility index (Phi) is 25.1. The van der Waals surface area contributed by atoms with Crippen LogP contribution in [0.15, 0.2) is 67.8 Å². The molecule has 2 aliphatic rings. The molecule has 1 fully saturated rings. The molecule has 0 aliphatic carbocycles. The molecule has 1 atom stereocenters. The number of anilines is 1. The minimum absolute atomic E-state index is 0.0371. The van der Waals surface area contributed by atoms with Crippen LogP contribution in [0, 0.1) is 5.82 Å². The molecule has 0 bridgehead atoms. The van der Waals surface area contributed by atoms with Gasteiger partial charge in [0.25, 0.3) is 5.91 Å². The van der Waals surface area contributed by atoms with Gasteiger partial charge < -0.3 is 38.4 Å². The van der Waals surface area contributed by atoms with Gasteiger partial charge in [0, 0.05) is 25.1 Å². The number of amides is 2. The van der Waals surface area contributed by atoms with Gasteiger partial charge in [-0.05, 0) is 86.3 Å². The maximum Gasteiger partial charge on any atom is 0.339 e. The van der Waals surface area contributed by atoms with E-state index in [4.69, 9.17) is 75.2 Å². The number of aryl methyl sites for hydroxylation is 2. The summed E-state index contributed by atoms with van der Waals surface area (Å²) in [6, 6.07) is 12.3. The number of para-hydroxylation sites is 1. The number of ether oxygens (including phenoxy) is 3. The molecule has 1 saturated heterocycles. The number of rotatable bonds is 16. The lowest BCUT2D eigenvalue weighted by Gasteiger charge is -2.29. The minimum atomic E-state index is -4.10. The van der Waals surface area contributed by atoms with Crippen molar-refractivity contribution in [1.82, 2.24) is 19.6 Å². The number of aromatic nitrogens is 2. The number of nitrogens with one attached hydrogen (secondary N) is 1. The van der Waals surface area contributed by atoms with Gasteiger partial charge in [0.15, 0.2) is 4.84 Å². The summed E-state index contributed by atoms with van der Waals surface area (Å²) < 4.78 is 48.5. The van der Waals surface area contributed by atoms with Crippen LogP contribution in [0.4, 0.5) is 15.8 Å². The number of carbonyl (C=O) groups excluding carboxylic acids is 3. The van der Waals surface area contributed by atoms with Crippen LogP contribution in [0.1, 0.15) is 63.5 Å². The van der Waals surface area contributed by atoms with Crippen LogP contribution in [-0.2, 0) is 63.9 Å². The van der Waals surface area contributed by atoms with Crippen LogP contribution >= 0.6 is 77.1 Å². The van der Waals surface area contributed by atoms with Crippen LogP contribution in [0.25, 0.3) is 0 Å². The first-order chi connectivity index (χ1) is 33.0. The Morgan fingerprint density at radius 2 is 1.71 bits per heavy atom. The molecule has 4 heterocycles. The molecule has 19 nitrogen and oxygen atoms in total. The van der Waals surface area contributed by atoms with Crippen molar-refractivity contribution in [2.24, 2.45) is 4.99 Å². The molecule has 0 radical (unpaired) electrons. The summed E-state index contributed by atoms with van der Waals surface area (Å²) in [6.07, 6.45) is 4.34. The second-order valence-electron chi connectivity index (χ2n) is 15.3. The first-order valence-electron chi connectivity index (χ1n) is 21.3. The standard InChI is InChI=1S/C15H15ClFN3O3S2.C14H20ClNO2.C11H13Cl2NO3.C3H8NO5P/c1-23-13(21)8-24-12-7-11(10(17)6-9(12)16)18-14-19-4-2-3-5-20(19)15(22)25-14;1-4-11-7-6-8-12(5-2)14(11)16(10-18-3)13(17)9-15;1-11(2)14(10(15)9(12)13)6-8(17-11)7-4-3-5-16-7;5-3(6)1-4-2-10(7,8)9/h6-7H,2-5,8H2,1H3;6-8H,4-5,9-10H2,1-3H3;3-5,8-9H,6H2,1-2H3;4H,1-2H2,(H,5,6)(H2,7,8,9)/b18-14-;;;. The number of benzene rings is 2. The lowest BCUT2D eigenvalue weighted by Crippen LogP contribution is -2.45. The molecule has 27 heteroatoms. The highest BCUT2D eigenvalue weighted by Crippen LogP contribution is 2.37. The van der Waals surface area contributed by atoms with E-state index in [9.17, 15) is 32.9 Å². The van der Waals surface area contributed by atoms with Crippen molar-refractivity contribution in [3.05, 3.63) is 90.9 Å². The fourth-order valence-corrected chi connectivity index (χ4v) is 9.46. The van der Waals surface area contributed by atoms with Crippen molar-refractivity contribution in [1.29, 1.82) is 0 Å². The summed E-state index contributed by atoms with van der Waals surface area (Å²) >= 11 is 25.1. The third-order valence-corrected chi connectivity index (χ3v) is 13.5. The number of halogens is 5. The Morgan fingerprint density at radius 1 is 1.07 bits per heavy atom. The molecule has 4 aromatic rings. The van der Waals surface area contributed by atoms with E-state index in [1.807, 2.05) is 24.3 Å². The van der Waals surface area contributed by atoms with Crippen molar-refractivity contribution in [2.75, 3.05) is 56.9 Å². The van der Waals surface area contributed by atoms with E-state index in [-0.39, 0.29) is 51.9 Å². The van der Waals surface area contributed by atoms with Crippen LogP contribution in [0.2, 0.25) is 5.02 Å². The van der Waals surface area contributed by atoms with Crippen molar-refractivity contribution in [3.63, 3.8) is 0 Å². The van der Waals surface area contributed by atoms with E-state index in [0.29, 0.717) is 35.1 Å². The van der Waals surface area contributed by atoms with Crippen molar-refractivity contribution >= 4 is 112 Å². The van der Waals surface area contributed by atoms with Gasteiger partial charge in [-0.3, -0.25) is 43.4 Å². The number of furan rings is 1. The molecule has 2 amide bonds. The lowest BCUT2D eigenvalue weighted by molar-refractivity contribution is -0.144. The molecule has 6 rings (SSSR count). The van der Waals surface area contributed by atoms with Crippen LogP contribution < -0.4 is 19.9 Å². The molecule has 0 saturated carbocycles. The molecule has 388 valence electrons. The van der Waals surface area contributed by atoms with E-state index in [2.05, 4.69) is 28.9 Å². The van der Waals surface area contributed by atoms with Crippen LogP contribution in [0.5, 0.6) is 0 Å². The zero-order chi connectivity index (χ0) is 52.3. The second kappa shape index (κ2) is 29.1. The van der Waals surface area contributed by atoms with Crippen molar-refractivity contribution < 1.29 is 61.7 Å². The average Bonchev–Trinajstić information content (AvgIpc) is 4.05.